The lowest BCUT2D eigenvalue weighted by molar-refractivity contribution is 0.641. The van der Waals surface area contributed by atoms with Crippen molar-refractivity contribution >= 4 is 22.5 Å². The minimum Gasteiger partial charge on any atom is -0.353 e. The molecule has 0 aliphatic carbocycles. The Kier molecular flexibility index (Phi) is 3.76. The lowest BCUT2D eigenvalue weighted by Gasteiger charge is -2.36. The Bertz CT molecular complexity index is 869. The van der Waals surface area contributed by atoms with Crippen molar-refractivity contribution in [1.82, 2.24) is 15.0 Å². The first-order chi connectivity index (χ1) is 11.7. The summed E-state index contributed by atoms with van der Waals surface area (Å²) in [6.45, 7) is 7.96. The number of nitrogens with zero attached hydrogens (tertiary/aromatic N) is 5. The van der Waals surface area contributed by atoms with Gasteiger partial charge in [-0.15, -0.1) is 0 Å². The van der Waals surface area contributed by atoms with Gasteiger partial charge in [0.2, 0.25) is 0 Å². The molecule has 1 aromatic carbocycles. The Morgan fingerprint density at radius 3 is 2.29 bits per heavy atom. The SMILES string of the molecule is Cc1cc(N2CCN(c3cc(C)c4ccccc4n3)CC2)ncn1. The molecule has 3 heterocycles. The van der Waals surface area contributed by atoms with Crippen LogP contribution in [0.1, 0.15) is 11.3 Å². The maximum absolute atomic E-state index is 4.85. The zero-order valence-corrected chi connectivity index (χ0v) is 14.1. The fourth-order valence-corrected chi connectivity index (χ4v) is 3.27. The predicted molar refractivity (Wildman–Crippen MR) is 97.7 cm³/mol. The smallest absolute Gasteiger partial charge is 0.132 e. The Morgan fingerprint density at radius 2 is 1.54 bits per heavy atom. The zero-order chi connectivity index (χ0) is 16.5. The van der Waals surface area contributed by atoms with Gasteiger partial charge in [0.25, 0.3) is 0 Å². The molecule has 5 nitrogen and oxygen atoms in total. The number of aryl methyl sites for hydroxylation is 2. The maximum Gasteiger partial charge on any atom is 0.132 e. The molecule has 0 atom stereocenters. The van der Waals surface area contributed by atoms with Gasteiger partial charge in [-0.2, -0.15) is 0 Å². The highest BCUT2D eigenvalue weighted by atomic mass is 15.3. The third-order valence-electron chi connectivity index (χ3n) is 4.63. The maximum atomic E-state index is 4.85. The summed E-state index contributed by atoms with van der Waals surface area (Å²) in [5.74, 6) is 2.09. The molecule has 3 aromatic rings. The van der Waals surface area contributed by atoms with Gasteiger partial charge in [0.1, 0.15) is 18.0 Å². The largest absolute Gasteiger partial charge is 0.353 e. The second-order valence-electron chi connectivity index (χ2n) is 6.31. The molecule has 122 valence electrons. The molecule has 0 spiro atoms. The summed E-state index contributed by atoms with van der Waals surface area (Å²) in [6, 6.07) is 12.6. The summed E-state index contributed by atoms with van der Waals surface area (Å²) in [4.78, 5) is 18.1. The summed E-state index contributed by atoms with van der Waals surface area (Å²) >= 11 is 0. The van der Waals surface area contributed by atoms with Crippen LogP contribution in [0.15, 0.2) is 42.7 Å². The molecule has 0 unspecified atom stereocenters. The first-order valence-corrected chi connectivity index (χ1v) is 8.36. The Balaban J connectivity index is 1.54. The fourth-order valence-electron chi connectivity index (χ4n) is 3.27. The average molecular weight is 319 g/mol. The molecule has 0 saturated carbocycles. The van der Waals surface area contributed by atoms with Crippen LogP contribution in [-0.4, -0.2) is 41.1 Å². The van der Waals surface area contributed by atoms with E-state index in [1.54, 1.807) is 6.33 Å². The highest BCUT2D eigenvalue weighted by Crippen LogP contribution is 2.24. The standard InChI is InChI=1S/C19H21N5/c1-14-11-19(22-17-6-4-3-5-16(14)17)24-9-7-23(8-10-24)18-12-15(2)20-13-21-18/h3-6,11-13H,7-10H2,1-2H3. The van der Waals surface area contributed by atoms with Crippen LogP contribution < -0.4 is 9.80 Å². The van der Waals surface area contributed by atoms with Crippen molar-refractivity contribution in [2.45, 2.75) is 13.8 Å². The monoisotopic (exact) mass is 319 g/mol. The first kappa shape index (κ1) is 14.9. The van der Waals surface area contributed by atoms with Crippen molar-refractivity contribution < 1.29 is 0 Å². The molecule has 1 saturated heterocycles. The predicted octanol–water partition coefficient (Wildman–Crippen LogP) is 2.97. The van der Waals surface area contributed by atoms with E-state index in [9.17, 15) is 0 Å². The number of aromatic nitrogens is 3. The number of benzene rings is 1. The zero-order valence-electron chi connectivity index (χ0n) is 14.1. The number of hydrogen-bond donors (Lipinski definition) is 0. The molecule has 1 aliphatic heterocycles. The van der Waals surface area contributed by atoms with E-state index in [1.807, 2.05) is 19.1 Å². The molecule has 1 fully saturated rings. The van der Waals surface area contributed by atoms with Gasteiger partial charge in [-0.1, -0.05) is 18.2 Å². The number of para-hydroxylation sites is 1. The molecule has 0 amide bonds. The number of rotatable bonds is 2. The van der Waals surface area contributed by atoms with Crippen molar-refractivity contribution in [2.75, 3.05) is 36.0 Å². The minimum atomic E-state index is 0.948. The van der Waals surface area contributed by atoms with E-state index >= 15 is 0 Å². The van der Waals surface area contributed by atoms with Crippen LogP contribution in [0.2, 0.25) is 0 Å². The molecule has 5 heteroatoms. The summed E-state index contributed by atoms with van der Waals surface area (Å²) < 4.78 is 0. The summed E-state index contributed by atoms with van der Waals surface area (Å²) in [7, 11) is 0. The summed E-state index contributed by atoms with van der Waals surface area (Å²) in [6.07, 6.45) is 1.64. The molecule has 0 bridgehead atoms. The van der Waals surface area contributed by atoms with Crippen LogP contribution in [0.5, 0.6) is 0 Å². The van der Waals surface area contributed by atoms with Crippen LogP contribution in [0, 0.1) is 13.8 Å². The summed E-state index contributed by atoms with van der Waals surface area (Å²) in [5, 5.41) is 1.23. The lowest BCUT2D eigenvalue weighted by Crippen LogP contribution is -2.47. The van der Waals surface area contributed by atoms with E-state index in [0.29, 0.717) is 0 Å². The van der Waals surface area contributed by atoms with Crippen molar-refractivity contribution in [3.05, 3.63) is 54.0 Å². The van der Waals surface area contributed by atoms with Crippen molar-refractivity contribution in [2.24, 2.45) is 0 Å². The molecule has 0 radical (unpaired) electrons. The number of fused-ring (bicyclic) bond motifs is 1. The third kappa shape index (κ3) is 2.77. The van der Waals surface area contributed by atoms with Crippen LogP contribution in [0.4, 0.5) is 11.6 Å². The fraction of sp³-hybridized carbons (Fsp3) is 0.316. The number of piperazine rings is 1. The van der Waals surface area contributed by atoms with E-state index < -0.39 is 0 Å². The van der Waals surface area contributed by atoms with Crippen molar-refractivity contribution in [3.8, 4) is 0 Å². The van der Waals surface area contributed by atoms with Gasteiger partial charge in [-0.25, -0.2) is 15.0 Å². The highest BCUT2D eigenvalue weighted by Gasteiger charge is 2.20. The summed E-state index contributed by atoms with van der Waals surface area (Å²) in [5.41, 5.74) is 3.36. The second-order valence-corrected chi connectivity index (χ2v) is 6.31. The minimum absolute atomic E-state index is 0.948. The Labute approximate surface area is 142 Å². The average Bonchev–Trinajstić information content (AvgIpc) is 2.62. The quantitative estimate of drug-likeness (QED) is 0.726. The molecule has 1 aliphatic rings. The van der Waals surface area contributed by atoms with Crippen LogP contribution >= 0.6 is 0 Å². The Morgan fingerprint density at radius 1 is 0.833 bits per heavy atom. The van der Waals surface area contributed by atoms with Crippen LogP contribution in [0.25, 0.3) is 10.9 Å². The molecule has 2 aromatic heterocycles. The molecule has 0 N–H and O–H groups in total. The van der Waals surface area contributed by atoms with E-state index in [2.05, 4.69) is 51.0 Å². The van der Waals surface area contributed by atoms with Crippen LogP contribution in [0.3, 0.4) is 0 Å². The molecule has 4 rings (SSSR count). The van der Waals surface area contributed by atoms with E-state index in [-0.39, 0.29) is 0 Å². The topological polar surface area (TPSA) is 45.2 Å². The third-order valence-corrected chi connectivity index (χ3v) is 4.63. The highest BCUT2D eigenvalue weighted by molar-refractivity contribution is 5.83. The first-order valence-electron chi connectivity index (χ1n) is 8.36. The normalized spacial score (nSPS) is 15.1. The van der Waals surface area contributed by atoms with Gasteiger partial charge in [0, 0.05) is 43.3 Å². The van der Waals surface area contributed by atoms with Gasteiger partial charge in [-0.05, 0) is 31.5 Å². The van der Waals surface area contributed by atoms with Gasteiger partial charge in [-0.3, -0.25) is 0 Å². The van der Waals surface area contributed by atoms with Crippen LogP contribution in [-0.2, 0) is 0 Å². The second kappa shape index (κ2) is 6.07. The van der Waals surface area contributed by atoms with Gasteiger partial charge >= 0.3 is 0 Å². The lowest BCUT2D eigenvalue weighted by atomic mass is 10.1. The number of hydrogen-bond acceptors (Lipinski definition) is 5. The van der Waals surface area contributed by atoms with E-state index in [4.69, 9.17) is 4.98 Å². The Hall–Kier alpha value is -2.69. The number of pyridine rings is 1. The molecular weight excluding hydrogens is 298 g/mol. The molecular formula is C19H21N5. The van der Waals surface area contributed by atoms with Gasteiger partial charge in [0.05, 0.1) is 5.52 Å². The van der Waals surface area contributed by atoms with E-state index in [1.165, 1.54) is 10.9 Å². The van der Waals surface area contributed by atoms with Crippen molar-refractivity contribution in [1.29, 1.82) is 0 Å². The van der Waals surface area contributed by atoms with Gasteiger partial charge < -0.3 is 9.80 Å². The van der Waals surface area contributed by atoms with Gasteiger partial charge in [0.15, 0.2) is 0 Å². The van der Waals surface area contributed by atoms with E-state index in [0.717, 1.165) is 49.0 Å². The molecule has 24 heavy (non-hydrogen) atoms. The number of anilines is 2. The van der Waals surface area contributed by atoms with Crippen molar-refractivity contribution in [3.63, 3.8) is 0 Å².